The van der Waals surface area contributed by atoms with E-state index in [1.54, 1.807) is 6.92 Å². The van der Waals surface area contributed by atoms with Gasteiger partial charge < -0.3 is 15.4 Å². The molecule has 1 rings (SSSR count). The third-order valence-corrected chi connectivity index (χ3v) is 3.76. The molecule has 0 spiro atoms. The molecule has 1 saturated heterocycles. The summed E-state index contributed by atoms with van der Waals surface area (Å²) in [6.07, 6.45) is 2.50. The SMILES string of the molecule is CCOC(=O)C(NC(=O)C1CCNCC1)C(C)CC.Cl. The summed E-state index contributed by atoms with van der Waals surface area (Å²) in [6, 6.07) is -0.521. The van der Waals surface area contributed by atoms with Crippen LogP contribution in [0.1, 0.15) is 40.0 Å². The van der Waals surface area contributed by atoms with Gasteiger partial charge in [-0.2, -0.15) is 0 Å². The van der Waals surface area contributed by atoms with Crippen LogP contribution in [0.5, 0.6) is 0 Å². The number of hydrogen-bond donors (Lipinski definition) is 2. The second-order valence-electron chi connectivity index (χ2n) is 5.15. The maximum Gasteiger partial charge on any atom is 0.328 e. The first-order valence-corrected chi connectivity index (χ1v) is 7.27. The fraction of sp³-hybridized carbons (Fsp3) is 0.857. The van der Waals surface area contributed by atoms with Crippen LogP contribution >= 0.6 is 12.4 Å². The van der Waals surface area contributed by atoms with Crippen LogP contribution in [-0.4, -0.2) is 37.6 Å². The van der Waals surface area contributed by atoms with Crippen LogP contribution in [0, 0.1) is 11.8 Å². The molecule has 0 radical (unpaired) electrons. The molecule has 0 saturated carbocycles. The minimum Gasteiger partial charge on any atom is -0.464 e. The molecule has 2 N–H and O–H groups in total. The highest BCUT2D eigenvalue weighted by Crippen LogP contribution is 2.15. The van der Waals surface area contributed by atoms with Crippen LogP contribution in [0.2, 0.25) is 0 Å². The van der Waals surface area contributed by atoms with Crippen molar-refractivity contribution in [3.05, 3.63) is 0 Å². The number of ether oxygens (including phenoxy) is 1. The molecular formula is C14H27ClN2O3. The standard InChI is InChI=1S/C14H26N2O3.ClH/c1-4-10(3)12(14(18)19-5-2)16-13(17)11-6-8-15-9-7-11;/h10-12,15H,4-9H2,1-3H3,(H,16,17);1H. The van der Waals surface area contributed by atoms with Crippen molar-refractivity contribution in [1.29, 1.82) is 0 Å². The molecule has 118 valence electrons. The fourth-order valence-corrected chi connectivity index (χ4v) is 2.26. The lowest BCUT2D eigenvalue weighted by molar-refractivity contribution is -0.149. The van der Waals surface area contributed by atoms with Crippen molar-refractivity contribution in [2.24, 2.45) is 11.8 Å². The minimum atomic E-state index is -0.521. The van der Waals surface area contributed by atoms with Gasteiger partial charge in [-0.1, -0.05) is 20.3 Å². The van der Waals surface area contributed by atoms with Crippen molar-refractivity contribution in [3.63, 3.8) is 0 Å². The molecule has 0 bridgehead atoms. The van der Waals surface area contributed by atoms with Crippen LogP contribution < -0.4 is 10.6 Å². The fourth-order valence-electron chi connectivity index (χ4n) is 2.26. The van der Waals surface area contributed by atoms with E-state index in [0.717, 1.165) is 32.4 Å². The Balaban J connectivity index is 0.00000361. The topological polar surface area (TPSA) is 67.4 Å². The van der Waals surface area contributed by atoms with E-state index in [1.807, 2.05) is 13.8 Å². The van der Waals surface area contributed by atoms with Gasteiger partial charge in [-0.3, -0.25) is 4.79 Å². The van der Waals surface area contributed by atoms with Gasteiger partial charge in [0.25, 0.3) is 0 Å². The van der Waals surface area contributed by atoms with Crippen LogP contribution in [0.25, 0.3) is 0 Å². The molecular weight excluding hydrogens is 280 g/mol. The van der Waals surface area contributed by atoms with Crippen LogP contribution in [0.3, 0.4) is 0 Å². The van der Waals surface area contributed by atoms with Crippen molar-refractivity contribution in [3.8, 4) is 0 Å². The molecule has 1 heterocycles. The summed E-state index contributed by atoms with van der Waals surface area (Å²) < 4.78 is 5.05. The third-order valence-electron chi connectivity index (χ3n) is 3.76. The number of amides is 1. The van der Waals surface area contributed by atoms with Crippen molar-refractivity contribution < 1.29 is 14.3 Å². The van der Waals surface area contributed by atoms with Crippen molar-refractivity contribution in [2.45, 2.75) is 46.1 Å². The highest BCUT2D eigenvalue weighted by Gasteiger charge is 2.30. The molecule has 0 aromatic rings. The third kappa shape index (κ3) is 5.67. The summed E-state index contributed by atoms with van der Waals surface area (Å²) in [6.45, 7) is 7.82. The van der Waals surface area contributed by atoms with Gasteiger partial charge in [0, 0.05) is 5.92 Å². The Morgan fingerprint density at radius 1 is 1.30 bits per heavy atom. The van der Waals surface area contributed by atoms with Crippen LogP contribution in [-0.2, 0) is 14.3 Å². The van der Waals surface area contributed by atoms with Gasteiger partial charge in [0.2, 0.25) is 5.91 Å². The number of carbonyl (C=O) groups excluding carboxylic acids is 2. The monoisotopic (exact) mass is 306 g/mol. The lowest BCUT2D eigenvalue weighted by Gasteiger charge is -2.27. The molecule has 20 heavy (non-hydrogen) atoms. The Morgan fingerprint density at radius 2 is 1.90 bits per heavy atom. The number of carbonyl (C=O) groups is 2. The highest BCUT2D eigenvalue weighted by atomic mass is 35.5. The maximum absolute atomic E-state index is 12.2. The summed E-state index contributed by atoms with van der Waals surface area (Å²) >= 11 is 0. The Hall–Kier alpha value is -0.810. The molecule has 5 nitrogen and oxygen atoms in total. The first kappa shape index (κ1) is 19.2. The number of nitrogens with one attached hydrogen (secondary N) is 2. The Labute approximate surface area is 127 Å². The smallest absolute Gasteiger partial charge is 0.328 e. The average molecular weight is 307 g/mol. The summed E-state index contributed by atoms with van der Waals surface area (Å²) in [5, 5.41) is 6.11. The summed E-state index contributed by atoms with van der Waals surface area (Å²) in [7, 11) is 0. The molecule has 1 aliphatic rings. The number of halogens is 1. The average Bonchev–Trinajstić information content (AvgIpc) is 2.44. The van der Waals surface area contributed by atoms with Gasteiger partial charge in [0.05, 0.1) is 6.61 Å². The van der Waals surface area contributed by atoms with E-state index in [2.05, 4.69) is 10.6 Å². The Kier molecular flexibility index (Phi) is 9.59. The first-order valence-electron chi connectivity index (χ1n) is 7.27. The van der Waals surface area contributed by atoms with Gasteiger partial charge in [-0.05, 0) is 38.8 Å². The zero-order valence-corrected chi connectivity index (χ0v) is 13.4. The molecule has 1 amide bonds. The zero-order chi connectivity index (χ0) is 14.3. The predicted molar refractivity (Wildman–Crippen MR) is 80.9 cm³/mol. The minimum absolute atomic E-state index is 0. The zero-order valence-electron chi connectivity index (χ0n) is 12.6. The summed E-state index contributed by atoms with van der Waals surface area (Å²) in [5.41, 5.74) is 0. The van der Waals surface area contributed by atoms with Crippen molar-refractivity contribution >= 4 is 24.3 Å². The normalized spacial score (nSPS) is 18.6. The van der Waals surface area contributed by atoms with E-state index < -0.39 is 6.04 Å². The first-order chi connectivity index (χ1) is 9.10. The number of rotatable bonds is 6. The molecule has 6 heteroatoms. The Morgan fingerprint density at radius 3 is 2.40 bits per heavy atom. The van der Waals surface area contributed by atoms with Gasteiger partial charge in [-0.25, -0.2) is 4.79 Å². The largest absolute Gasteiger partial charge is 0.464 e. The van der Waals surface area contributed by atoms with Gasteiger partial charge in [0.1, 0.15) is 6.04 Å². The van der Waals surface area contributed by atoms with E-state index in [-0.39, 0.29) is 36.1 Å². The van der Waals surface area contributed by atoms with Crippen molar-refractivity contribution in [1.82, 2.24) is 10.6 Å². The van der Waals surface area contributed by atoms with Crippen molar-refractivity contribution in [2.75, 3.05) is 19.7 Å². The van der Waals surface area contributed by atoms with Gasteiger partial charge in [0.15, 0.2) is 0 Å². The van der Waals surface area contributed by atoms with Gasteiger partial charge in [-0.15, -0.1) is 12.4 Å². The molecule has 1 aliphatic heterocycles. The summed E-state index contributed by atoms with van der Waals surface area (Å²) in [5.74, 6) is -0.231. The number of hydrogen-bond acceptors (Lipinski definition) is 4. The quantitative estimate of drug-likeness (QED) is 0.730. The molecule has 2 unspecified atom stereocenters. The second kappa shape index (κ2) is 10.00. The predicted octanol–water partition coefficient (Wildman–Crippen LogP) is 1.50. The second-order valence-corrected chi connectivity index (χ2v) is 5.15. The van der Waals surface area contributed by atoms with E-state index in [0.29, 0.717) is 6.61 Å². The van der Waals surface area contributed by atoms with E-state index in [1.165, 1.54) is 0 Å². The number of piperidine rings is 1. The maximum atomic E-state index is 12.2. The van der Waals surface area contributed by atoms with E-state index >= 15 is 0 Å². The highest BCUT2D eigenvalue weighted by molar-refractivity contribution is 5.86. The molecule has 0 aliphatic carbocycles. The van der Waals surface area contributed by atoms with Crippen LogP contribution in [0.15, 0.2) is 0 Å². The molecule has 2 atom stereocenters. The number of esters is 1. The molecule has 1 fully saturated rings. The lowest BCUT2D eigenvalue weighted by atomic mass is 9.94. The van der Waals surface area contributed by atoms with Crippen LogP contribution in [0.4, 0.5) is 0 Å². The van der Waals surface area contributed by atoms with E-state index in [4.69, 9.17) is 4.74 Å². The Bertz CT molecular complexity index is 307. The summed E-state index contributed by atoms with van der Waals surface area (Å²) in [4.78, 5) is 24.1. The van der Waals surface area contributed by atoms with Gasteiger partial charge >= 0.3 is 5.97 Å². The molecule has 0 aromatic carbocycles. The lowest BCUT2D eigenvalue weighted by Crippen LogP contribution is -2.49. The van der Waals surface area contributed by atoms with E-state index in [9.17, 15) is 9.59 Å². The molecule has 0 aromatic heterocycles.